The van der Waals surface area contributed by atoms with Crippen LogP contribution in [0.1, 0.15) is 12.5 Å². The first kappa shape index (κ1) is 18.4. The van der Waals surface area contributed by atoms with E-state index in [0.717, 1.165) is 10.6 Å². The van der Waals surface area contributed by atoms with Crippen LogP contribution in [0.15, 0.2) is 67.3 Å². The Kier molecular flexibility index (Phi) is 4.55. The summed E-state index contributed by atoms with van der Waals surface area (Å²) in [6.07, 6.45) is 2.99. The van der Waals surface area contributed by atoms with E-state index in [1.807, 2.05) is 6.07 Å². The van der Waals surface area contributed by atoms with Gasteiger partial charge < -0.3 is 10.6 Å². The molecule has 0 radical (unpaired) electrons. The molecule has 0 aliphatic carbocycles. The van der Waals surface area contributed by atoms with Gasteiger partial charge in [0.1, 0.15) is 24.7 Å². The standard InChI is InChI=1S/C20H18N6O3/c1-20(14-5-3-2-4-6-14)18(28)25(19(29)24-20)11-17(27)23-15-7-9-16(10-8-15)26-13-21-12-22-26/h2-10,12-13H,11H2,1H3,(H,23,27)(H,24,29). The van der Waals surface area contributed by atoms with E-state index in [9.17, 15) is 14.4 Å². The third kappa shape index (κ3) is 3.45. The molecule has 0 saturated carbocycles. The predicted octanol–water partition coefficient (Wildman–Crippen LogP) is 1.67. The van der Waals surface area contributed by atoms with Crippen molar-refractivity contribution in [2.24, 2.45) is 0 Å². The number of amides is 4. The lowest BCUT2D eigenvalue weighted by atomic mass is 9.92. The quantitative estimate of drug-likeness (QED) is 0.644. The van der Waals surface area contributed by atoms with Crippen molar-refractivity contribution in [3.05, 3.63) is 72.8 Å². The van der Waals surface area contributed by atoms with Crippen molar-refractivity contribution in [1.29, 1.82) is 0 Å². The van der Waals surface area contributed by atoms with Gasteiger partial charge in [-0.25, -0.2) is 14.5 Å². The molecule has 4 amide bonds. The maximum absolute atomic E-state index is 12.8. The number of carbonyl (C=O) groups is 3. The zero-order valence-corrected chi connectivity index (χ0v) is 15.6. The van der Waals surface area contributed by atoms with Gasteiger partial charge >= 0.3 is 6.03 Å². The van der Waals surface area contributed by atoms with Crippen molar-refractivity contribution in [3.8, 4) is 5.69 Å². The molecule has 1 fully saturated rings. The van der Waals surface area contributed by atoms with Crippen LogP contribution in [0.25, 0.3) is 5.69 Å². The number of rotatable bonds is 5. The number of hydrogen-bond acceptors (Lipinski definition) is 5. The van der Waals surface area contributed by atoms with Gasteiger partial charge in [0.15, 0.2) is 0 Å². The molecule has 1 atom stereocenters. The van der Waals surface area contributed by atoms with Crippen LogP contribution in [-0.4, -0.2) is 44.1 Å². The molecular formula is C20H18N6O3. The number of imide groups is 1. The summed E-state index contributed by atoms with van der Waals surface area (Å²) in [7, 11) is 0. The highest BCUT2D eigenvalue weighted by Crippen LogP contribution is 2.28. The minimum Gasteiger partial charge on any atom is -0.325 e. The third-order valence-electron chi connectivity index (χ3n) is 4.76. The molecule has 146 valence electrons. The number of nitrogens with one attached hydrogen (secondary N) is 2. The molecule has 1 aliphatic heterocycles. The van der Waals surface area contributed by atoms with Crippen molar-refractivity contribution in [2.45, 2.75) is 12.5 Å². The van der Waals surface area contributed by atoms with Crippen molar-refractivity contribution in [3.63, 3.8) is 0 Å². The summed E-state index contributed by atoms with van der Waals surface area (Å²) in [6.45, 7) is 1.25. The zero-order valence-electron chi connectivity index (χ0n) is 15.6. The third-order valence-corrected chi connectivity index (χ3v) is 4.76. The Balaban J connectivity index is 1.43. The van der Waals surface area contributed by atoms with Gasteiger partial charge in [-0.2, -0.15) is 5.10 Å². The molecule has 3 aromatic rings. The van der Waals surface area contributed by atoms with E-state index >= 15 is 0 Å². The minimum absolute atomic E-state index is 0.377. The number of hydrogen-bond donors (Lipinski definition) is 2. The molecule has 0 bridgehead atoms. The van der Waals surface area contributed by atoms with Gasteiger partial charge in [0.05, 0.1) is 5.69 Å². The number of nitrogens with zero attached hydrogens (tertiary/aromatic N) is 4. The second-order valence-corrected chi connectivity index (χ2v) is 6.75. The second kappa shape index (κ2) is 7.19. The fraction of sp³-hybridized carbons (Fsp3) is 0.150. The van der Waals surface area contributed by atoms with E-state index in [4.69, 9.17) is 0 Å². The van der Waals surface area contributed by atoms with E-state index < -0.39 is 23.4 Å². The number of anilines is 1. The molecule has 9 nitrogen and oxygen atoms in total. The molecule has 1 aliphatic rings. The minimum atomic E-state index is -1.20. The van der Waals surface area contributed by atoms with Crippen LogP contribution < -0.4 is 10.6 Å². The predicted molar refractivity (Wildman–Crippen MR) is 104 cm³/mol. The summed E-state index contributed by atoms with van der Waals surface area (Å²) in [5.74, 6) is -0.940. The molecule has 29 heavy (non-hydrogen) atoms. The van der Waals surface area contributed by atoms with Crippen molar-refractivity contribution in [2.75, 3.05) is 11.9 Å². The Morgan fingerprint density at radius 2 is 1.83 bits per heavy atom. The highest BCUT2D eigenvalue weighted by molar-refractivity contribution is 6.10. The lowest BCUT2D eigenvalue weighted by Gasteiger charge is -2.22. The fourth-order valence-corrected chi connectivity index (χ4v) is 3.19. The summed E-state index contributed by atoms with van der Waals surface area (Å²) in [6, 6.07) is 15.3. The highest BCUT2D eigenvalue weighted by atomic mass is 16.2. The number of benzene rings is 2. The molecule has 2 N–H and O–H groups in total. The van der Waals surface area contributed by atoms with Crippen molar-refractivity contribution >= 4 is 23.5 Å². The van der Waals surface area contributed by atoms with E-state index in [-0.39, 0.29) is 6.54 Å². The van der Waals surface area contributed by atoms with Gasteiger partial charge in [0, 0.05) is 5.69 Å². The SMILES string of the molecule is CC1(c2ccccc2)NC(=O)N(CC(=O)Nc2ccc(-n3cncn3)cc2)C1=O. The molecule has 2 heterocycles. The molecule has 2 aromatic carbocycles. The topological polar surface area (TPSA) is 109 Å². The first-order chi connectivity index (χ1) is 14.0. The van der Waals surface area contributed by atoms with Gasteiger partial charge in [-0.1, -0.05) is 30.3 Å². The van der Waals surface area contributed by atoms with Crippen LogP contribution in [0.3, 0.4) is 0 Å². The van der Waals surface area contributed by atoms with Gasteiger partial charge in [-0.3, -0.25) is 14.5 Å². The fourth-order valence-electron chi connectivity index (χ4n) is 3.19. The molecule has 1 saturated heterocycles. The first-order valence-corrected chi connectivity index (χ1v) is 8.92. The number of carbonyl (C=O) groups excluding carboxylic acids is 3. The monoisotopic (exact) mass is 390 g/mol. The van der Waals surface area contributed by atoms with E-state index in [0.29, 0.717) is 11.3 Å². The number of aromatic nitrogens is 3. The summed E-state index contributed by atoms with van der Waals surface area (Å²) in [4.78, 5) is 42.4. The maximum atomic E-state index is 12.8. The van der Waals surface area contributed by atoms with Crippen LogP contribution >= 0.6 is 0 Å². The van der Waals surface area contributed by atoms with Crippen LogP contribution in [0, 0.1) is 0 Å². The molecule has 9 heteroatoms. The Morgan fingerprint density at radius 3 is 2.48 bits per heavy atom. The van der Waals surface area contributed by atoms with Gasteiger partial charge in [0.25, 0.3) is 5.91 Å². The molecule has 0 spiro atoms. The van der Waals surface area contributed by atoms with Crippen LogP contribution in [0.5, 0.6) is 0 Å². The maximum Gasteiger partial charge on any atom is 0.325 e. The normalized spacial score (nSPS) is 18.6. The largest absolute Gasteiger partial charge is 0.325 e. The average molecular weight is 390 g/mol. The first-order valence-electron chi connectivity index (χ1n) is 8.92. The second-order valence-electron chi connectivity index (χ2n) is 6.75. The summed E-state index contributed by atoms with van der Waals surface area (Å²) >= 11 is 0. The Morgan fingerprint density at radius 1 is 1.10 bits per heavy atom. The Bertz CT molecular complexity index is 1050. The average Bonchev–Trinajstić information content (AvgIpc) is 3.33. The smallest absolute Gasteiger partial charge is 0.325 e. The lowest BCUT2D eigenvalue weighted by molar-refractivity contribution is -0.133. The Labute approximate surface area is 166 Å². The molecule has 1 aromatic heterocycles. The lowest BCUT2D eigenvalue weighted by Crippen LogP contribution is -2.42. The number of urea groups is 1. The summed E-state index contributed by atoms with van der Waals surface area (Å²) in [5.41, 5.74) is 0.785. The van der Waals surface area contributed by atoms with Gasteiger partial charge in [-0.05, 0) is 36.8 Å². The molecule has 1 unspecified atom stereocenters. The molecule has 4 rings (SSSR count). The highest BCUT2D eigenvalue weighted by Gasteiger charge is 2.49. The summed E-state index contributed by atoms with van der Waals surface area (Å²) < 4.78 is 1.59. The zero-order chi connectivity index (χ0) is 20.4. The molecular weight excluding hydrogens is 372 g/mol. The van der Waals surface area contributed by atoms with Crippen LogP contribution in [0.2, 0.25) is 0 Å². The van der Waals surface area contributed by atoms with Gasteiger partial charge in [0.2, 0.25) is 5.91 Å². The van der Waals surface area contributed by atoms with E-state index in [2.05, 4.69) is 20.7 Å². The van der Waals surface area contributed by atoms with E-state index in [1.165, 1.54) is 6.33 Å². The van der Waals surface area contributed by atoms with E-state index in [1.54, 1.807) is 66.5 Å². The van der Waals surface area contributed by atoms with Crippen LogP contribution in [-0.2, 0) is 15.1 Å². The van der Waals surface area contributed by atoms with Gasteiger partial charge in [-0.15, -0.1) is 0 Å². The summed E-state index contributed by atoms with van der Waals surface area (Å²) in [5, 5.41) is 9.40. The van der Waals surface area contributed by atoms with Crippen molar-refractivity contribution < 1.29 is 14.4 Å². The van der Waals surface area contributed by atoms with Crippen LogP contribution in [0.4, 0.5) is 10.5 Å². The van der Waals surface area contributed by atoms with Crippen molar-refractivity contribution in [1.82, 2.24) is 25.0 Å². The Hall–Kier alpha value is -4.01.